The van der Waals surface area contributed by atoms with Crippen molar-refractivity contribution in [2.24, 2.45) is 7.05 Å². The smallest absolute Gasteiger partial charge is 0.0850 e. The zero-order valence-corrected chi connectivity index (χ0v) is 14.3. The van der Waals surface area contributed by atoms with Gasteiger partial charge in [0, 0.05) is 26.6 Å². The number of aryl methyl sites for hydroxylation is 2. The monoisotopic (exact) mass is 301 g/mol. The minimum Gasteiger partial charge on any atom is -0.379 e. The minimum absolute atomic E-state index is 0.147. The maximum Gasteiger partial charge on any atom is 0.0850 e. The fourth-order valence-electron chi connectivity index (χ4n) is 2.46. The average molecular weight is 302 g/mol. The Morgan fingerprint density at radius 1 is 1.40 bits per heavy atom. The fourth-order valence-corrected chi connectivity index (χ4v) is 2.83. The molecule has 0 saturated heterocycles. The van der Waals surface area contributed by atoms with E-state index in [2.05, 4.69) is 38.1 Å². The first-order valence-electron chi connectivity index (χ1n) is 7.33. The van der Waals surface area contributed by atoms with Gasteiger partial charge in [0.2, 0.25) is 0 Å². The van der Waals surface area contributed by atoms with E-state index in [9.17, 15) is 0 Å². The number of aromatic nitrogens is 2. The van der Waals surface area contributed by atoms with Gasteiger partial charge in [-0.2, -0.15) is 5.10 Å². The fraction of sp³-hybridized carbons (Fsp3) is 0.800. The number of methoxy groups -OCH3 is 1. The normalized spacial score (nSPS) is 13.8. The highest BCUT2D eigenvalue weighted by atomic mass is 35.5. The van der Waals surface area contributed by atoms with Crippen LogP contribution in [0.5, 0.6) is 0 Å². The first kappa shape index (κ1) is 17.5. The molecule has 0 aliphatic rings. The SMILES string of the molecule is CCNC(Cc1c(Cl)c(CC)nn1C)CC(C)(C)OC. The van der Waals surface area contributed by atoms with Gasteiger partial charge in [0.1, 0.15) is 0 Å². The number of nitrogens with zero attached hydrogens (tertiary/aromatic N) is 2. The molecule has 5 heteroatoms. The van der Waals surface area contributed by atoms with Crippen LogP contribution in [0.4, 0.5) is 0 Å². The van der Waals surface area contributed by atoms with Gasteiger partial charge >= 0.3 is 0 Å². The first-order chi connectivity index (χ1) is 9.34. The molecule has 1 aromatic rings. The average Bonchev–Trinajstić information content (AvgIpc) is 2.66. The van der Waals surface area contributed by atoms with Gasteiger partial charge in [-0.05, 0) is 33.2 Å². The van der Waals surface area contributed by atoms with Crippen molar-refractivity contribution in [2.75, 3.05) is 13.7 Å². The summed E-state index contributed by atoms with van der Waals surface area (Å²) in [6.07, 6.45) is 2.66. The molecular formula is C15H28ClN3O. The van der Waals surface area contributed by atoms with Crippen molar-refractivity contribution in [1.29, 1.82) is 0 Å². The minimum atomic E-state index is -0.147. The van der Waals surface area contributed by atoms with Crippen LogP contribution in [0.25, 0.3) is 0 Å². The molecule has 0 aliphatic heterocycles. The summed E-state index contributed by atoms with van der Waals surface area (Å²) in [7, 11) is 3.72. The van der Waals surface area contributed by atoms with Crippen LogP contribution in [-0.2, 0) is 24.6 Å². The highest BCUT2D eigenvalue weighted by Crippen LogP contribution is 2.24. The number of hydrogen-bond acceptors (Lipinski definition) is 3. The molecule has 0 amide bonds. The molecular weight excluding hydrogens is 274 g/mol. The molecule has 1 unspecified atom stereocenters. The van der Waals surface area contributed by atoms with Crippen molar-refractivity contribution in [3.05, 3.63) is 16.4 Å². The van der Waals surface area contributed by atoms with Crippen LogP contribution in [0.15, 0.2) is 0 Å². The van der Waals surface area contributed by atoms with Crippen LogP contribution < -0.4 is 5.32 Å². The van der Waals surface area contributed by atoms with Crippen LogP contribution in [0, 0.1) is 0 Å². The lowest BCUT2D eigenvalue weighted by Crippen LogP contribution is -2.39. The van der Waals surface area contributed by atoms with Crippen LogP contribution in [0.2, 0.25) is 5.02 Å². The predicted molar refractivity (Wildman–Crippen MR) is 84.5 cm³/mol. The number of ether oxygens (including phenoxy) is 1. The van der Waals surface area contributed by atoms with E-state index in [0.717, 1.165) is 42.2 Å². The third-order valence-corrected chi connectivity index (χ3v) is 4.16. The zero-order chi connectivity index (χ0) is 15.3. The van der Waals surface area contributed by atoms with E-state index in [1.165, 1.54) is 0 Å². The summed E-state index contributed by atoms with van der Waals surface area (Å²) in [5, 5.41) is 8.82. The van der Waals surface area contributed by atoms with Crippen LogP contribution in [0.3, 0.4) is 0 Å². The lowest BCUT2D eigenvalue weighted by atomic mass is 9.95. The lowest BCUT2D eigenvalue weighted by molar-refractivity contribution is 0.00713. The van der Waals surface area contributed by atoms with E-state index in [-0.39, 0.29) is 5.60 Å². The summed E-state index contributed by atoms with van der Waals surface area (Å²) < 4.78 is 7.45. The molecule has 116 valence electrons. The van der Waals surface area contributed by atoms with E-state index >= 15 is 0 Å². The molecule has 4 nitrogen and oxygen atoms in total. The molecule has 20 heavy (non-hydrogen) atoms. The van der Waals surface area contributed by atoms with E-state index in [4.69, 9.17) is 16.3 Å². The Balaban J connectivity index is 2.88. The Morgan fingerprint density at radius 3 is 2.50 bits per heavy atom. The highest BCUT2D eigenvalue weighted by Gasteiger charge is 2.25. The van der Waals surface area contributed by atoms with Crippen LogP contribution in [-0.4, -0.2) is 35.1 Å². The Bertz CT molecular complexity index is 429. The Morgan fingerprint density at radius 2 is 2.05 bits per heavy atom. The zero-order valence-electron chi connectivity index (χ0n) is 13.6. The highest BCUT2D eigenvalue weighted by molar-refractivity contribution is 6.31. The molecule has 1 rings (SSSR count). The Kier molecular flexibility index (Phi) is 6.49. The number of likely N-dealkylation sites (N-methyl/N-ethyl adjacent to an activating group) is 1. The van der Waals surface area contributed by atoms with Gasteiger partial charge in [-0.25, -0.2) is 0 Å². The molecule has 0 spiro atoms. The lowest BCUT2D eigenvalue weighted by Gasteiger charge is -2.29. The first-order valence-corrected chi connectivity index (χ1v) is 7.71. The third-order valence-electron chi connectivity index (χ3n) is 3.73. The van der Waals surface area contributed by atoms with Crippen LogP contribution >= 0.6 is 11.6 Å². The summed E-state index contributed by atoms with van der Waals surface area (Å²) >= 11 is 6.44. The second-order valence-corrected chi connectivity index (χ2v) is 6.19. The standard InChI is InChI=1S/C15H28ClN3O/c1-7-12-14(16)13(19(5)18-12)9-11(17-8-2)10-15(3,4)20-6/h11,17H,7-10H2,1-6H3. The van der Waals surface area contributed by atoms with Gasteiger partial charge < -0.3 is 10.1 Å². The topological polar surface area (TPSA) is 39.1 Å². The molecule has 1 aromatic heterocycles. The summed E-state index contributed by atoms with van der Waals surface area (Å²) in [6, 6.07) is 0.326. The van der Waals surface area contributed by atoms with Gasteiger partial charge in [-0.1, -0.05) is 25.4 Å². The number of hydrogen-bond donors (Lipinski definition) is 1. The molecule has 1 heterocycles. The molecule has 0 aliphatic carbocycles. The van der Waals surface area contributed by atoms with Crippen molar-refractivity contribution in [3.8, 4) is 0 Å². The predicted octanol–water partition coefficient (Wildman–Crippen LogP) is 2.97. The van der Waals surface area contributed by atoms with Gasteiger partial charge in [0.05, 0.1) is 22.0 Å². The second-order valence-electron chi connectivity index (χ2n) is 5.81. The Hall–Kier alpha value is -0.580. The molecule has 1 atom stereocenters. The van der Waals surface area contributed by atoms with Gasteiger partial charge in [-0.3, -0.25) is 4.68 Å². The van der Waals surface area contributed by atoms with E-state index < -0.39 is 0 Å². The van der Waals surface area contributed by atoms with Crippen molar-refractivity contribution in [1.82, 2.24) is 15.1 Å². The molecule has 0 aromatic carbocycles. The van der Waals surface area contributed by atoms with Crippen LogP contribution in [0.1, 0.15) is 45.5 Å². The van der Waals surface area contributed by atoms with Crippen molar-refractivity contribution < 1.29 is 4.74 Å². The van der Waals surface area contributed by atoms with Gasteiger partial charge in [0.25, 0.3) is 0 Å². The van der Waals surface area contributed by atoms with E-state index in [1.54, 1.807) is 7.11 Å². The molecule has 0 fully saturated rings. The summed E-state index contributed by atoms with van der Waals surface area (Å²) in [5.41, 5.74) is 1.93. The largest absolute Gasteiger partial charge is 0.379 e. The number of rotatable bonds is 8. The summed E-state index contributed by atoms with van der Waals surface area (Å²) in [6.45, 7) is 9.35. The van der Waals surface area contributed by atoms with Crippen molar-refractivity contribution >= 4 is 11.6 Å². The molecule has 1 N–H and O–H groups in total. The maximum absolute atomic E-state index is 6.44. The van der Waals surface area contributed by atoms with E-state index in [1.807, 2.05) is 11.7 Å². The molecule has 0 saturated carbocycles. The second kappa shape index (κ2) is 7.43. The quantitative estimate of drug-likeness (QED) is 0.802. The molecule has 0 radical (unpaired) electrons. The van der Waals surface area contributed by atoms with Gasteiger partial charge in [0.15, 0.2) is 0 Å². The number of halogens is 1. The Labute approximate surface area is 127 Å². The molecule has 0 bridgehead atoms. The van der Waals surface area contributed by atoms with E-state index in [0.29, 0.717) is 6.04 Å². The number of nitrogens with one attached hydrogen (secondary N) is 1. The van der Waals surface area contributed by atoms with Crippen molar-refractivity contribution in [3.63, 3.8) is 0 Å². The maximum atomic E-state index is 6.44. The summed E-state index contributed by atoms with van der Waals surface area (Å²) in [5.74, 6) is 0. The van der Waals surface area contributed by atoms with Crippen molar-refractivity contribution in [2.45, 2.75) is 58.6 Å². The van der Waals surface area contributed by atoms with Gasteiger partial charge in [-0.15, -0.1) is 0 Å². The third kappa shape index (κ3) is 4.47. The summed E-state index contributed by atoms with van der Waals surface area (Å²) in [4.78, 5) is 0.